The fourth-order valence-electron chi connectivity index (χ4n) is 2.71. The first kappa shape index (κ1) is 23.5. The molecule has 0 aliphatic carbocycles. The lowest BCUT2D eigenvalue weighted by Crippen LogP contribution is -2.22. The van der Waals surface area contributed by atoms with Crippen LogP contribution >= 0.6 is 46.6 Å². The van der Waals surface area contributed by atoms with Crippen LogP contribution in [0.4, 0.5) is 11.4 Å². The molecule has 31 heavy (non-hydrogen) atoms. The molecule has 0 spiro atoms. The number of amides is 2. The Hall–Kier alpha value is -2.18. The average molecular weight is 494 g/mol. The molecular weight excluding hydrogens is 475 g/mol. The van der Waals surface area contributed by atoms with E-state index in [0.717, 1.165) is 10.5 Å². The van der Waals surface area contributed by atoms with Crippen LogP contribution in [0.25, 0.3) is 0 Å². The minimum atomic E-state index is -0.327. The highest BCUT2D eigenvalue weighted by Crippen LogP contribution is 2.28. The molecule has 0 aromatic heterocycles. The summed E-state index contributed by atoms with van der Waals surface area (Å²) in [7, 11) is 0. The van der Waals surface area contributed by atoms with Crippen LogP contribution in [0.5, 0.6) is 0 Å². The van der Waals surface area contributed by atoms with E-state index < -0.39 is 0 Å². The SMILES string of the molecule is Cc1ccc(Cl)cc1NC(=O)C(C)Sc1ccc(NC(=O)c2ccc(Cl)cc2Cl)cc1. The van der Waals surface area contributed by atoms with Gasteiger partial charge in [-0.3, -0.25) is 9.59 Å². The van der Waals surface area contributed by atoms with Gasteiger partial charge in [0.1, 0.15) is 0 Å². The van der Waals surface area contributed by atoms with Crippen molar-refractivity contribution in [2.75, 3.05) is 10.6 Å². The number of halogens is 3. The minimum absolute atomic E-state index is 0.120. The first-order valence-corrected chi connectivity index (χ1v) is 11.3. The average Bonchev–Trinajstić information content (AvgIpc) is 2.72. The van der Waals surface area contributed by atoms with Crippen molar-refractivity contribution in [2.24, 2.45) is 0 Å². The van der Waals surface area contributed by atoms with E-state index in [2.05, 4.69) is 10.6 Å². The number of anilines is 2. The third-order valence-electron chi connectivity index (χ3n) is 4.43. The topological polar surface area (TPSA) is 58.2 Å². The van der Waals surface area contributed by atoms with Crippen LogP contribution in [0, 0.1) is 6.92 Å². The van der Waals surface area contributed by atoms with Crippen molar-refractivity contribution in [3.8, 4) is 0 Å². The molecule has 4 nitrogen and oxygen atoms in total. The fourth-order valence-corrected chi connectivity index (χ4v) is 4.24. The molecule has 8 heteroatoms. The van der Waals surface area contributed by atoms with Crippen LogP contribution in [-0.2, 0) is 4.79 Å². The lowest BCUT2D eigenvalue weighted by molar-refractivity contribution is -0.115. The molecule has 2 N–H and O–H groups in total. The van der Waals surface area contributed by atoms with Crippen LogP contribution in [0.15, 0.2) is 65.6 Å². The highest BCUT2D eigenvalue weighted by atomic mass is 35.5. The summed E-state index contributed by atoms with van der Waals surface area (Å²) in [6, 6.07) is 17.3. The fraction of sp³-hybridized carbons (Fsp3) is 0.130. The molecule has 0 aliphatic heterocycles. The molecule has 1 atom stereocenters. The zero-order chi connectivity index (χ0) is 22.5. The highest BCUT2D eigenvalue weighted by molar-refractivity contribution is 8.00. The van der Waals surface area contributed by atoms with E-state index in [1.165, 1.54) is 17.8 Å². The van der Waals surface area contributed by atoms with Gasteiger partial charge in [0.05, 0.1) is 15.8 Å². The predicted octanol–water partition coefficient (Wildman–Crippen LogP) is 7.33. The summed E-state index contributed by atoms with van der Waals surface area (Å²) in [5, 5.41) is 6.70. The molecular formula is C23H19Cl3N2O2S. The largest absolute Gasteiger partial charge is 0.325 e. The third-order valence-corrected chi connectivity index (χ3v) is 6.32. The van der Waals surface area contributed by atoms with E-state index in [0.29, 0.717) is 27.0 Å². The summed E-state index contributed by atoms with van der Waals surface area (Å²) >= 11 is 19.4. The smallest absolute Gasteiger partial charge is 0.257 e. The molecule has 3 aromatic carbocycles. The monoisotopic (exact) mass is 492 g/mol. The van der Waals surface area contributed by atoms with Gasteiger partial charge >= 0.3 is 0 Å². The zero-order valence-electron chi connectivity index (χ0n) is 16.7. The Morgan fingerprint density at radius 1 is 0.871 bits per heavy atom. The Morgan fingerprint density at radius 3 is 2.19 bits per heavy atom. The lowest BCUT2D eigenvalue weighted by Gasteiger charge is -2.14. The Kier molecular flexibility index (Phi) is 7.89. The second-order valence-electron chi connectivity index (χ2n) is 6.81. The van der Waals surface area contributed by atoms with Crippen LogP contribution < -0.4 is 10.6 Å². The van der Waals surface area contributed by atoms with Crippen molar-refractivity contribution in [3.63, 3.8) is 0 Å². The number of rotatable bonds is 6. The van der Waals surface area contributed by atoms with Crippen molar-refractivity contribution >= 4 is 69.8 Å². The van der Waals surface area contributed by atoms with Crippen molar-refractivity contribution < 1.29 is 9.59 Å². The first-order valence-electron chi connectivity index (χ1n) is 9.33. The molecule has 2 amide bonds. The van der Waals surface area contributed by atoms with Crippen LogP contribution in [0.1, 0.15) is 22.8 Å². The molecule has 0 fully saturated rings. The summed E-state index contributed by atoms with van der Waals surface area (Å²) in [4.78, 5) is 25.9. The normalized spacial score (nSPS) is 11.6. The summed E-state index contributed by atoms with van der Waals surface area (Å²) in [6.07, 6.45) is 0. The number of hydrogen-bond acceptors (Lipinski definition) is 3. The van der Waals surface area contributed by atoms with E-state index in [1.54, 1.807) is 36.4 Å². The van der Waals surface area contributed by atoms with E-state index >= 15 is 0 Å². The Labute approximate surface area is 200 Å². The standard InChI is InChI=1S/C23H19Cl3N2O2S/c1-13-3-4-16(25)12-21(13)28-22(29)14(2)31-18-8-6-17(7-9-18)27-23(30)19-10-5-15(24)11-20(19)26/h3-12,14H,1-2H3,(H,27,30)(H,28,29). The van der Waals surface area contributed by atoms with Crippen LogP contribution in [0.2, 0.25) is 15.1 Å². The number of carbonyl (C=O) groups is 2. The number of aryl methyl sites for hydroxylation is 1. The highest BCUT2D eigenvalue weighted by Gasteiger charge is 2.16. The van der Waals surface area contributed by atoms with Crippen molar-refractivity contribution in [3.05, 3.63) is 86.9 Å². The predicted molar refractivity (Wildman–Crippen MR) is 131 cm³/mol. The molecule has 3 aromatic rings. The number of carbonyl (C=O) groups excluding carboxylic acids is 2. The third kappa shape index (κ3) is 6.40. The van der Waals surface area contributed by atoms with Gasteiger partial charge in [-0.15, -0.1) is 11.8 Å². The first-order chi connectivity index (χ1) is 14.7. The van der Waals surface area contributed by atoms with Crippen LogP contribution in [0.3, 0.4) is 0 Å². The quantitative estimate of drug-likeness (QED) is 0.353. The van der Waals surface area contributed by atoms with Gasteiger partial charge in [0.25, 0.3) is 5.91 Å². The van der Waals surface area contributed by atoms with Crippen LogP contribution in [-0.4, -0.2) is 17.1 Å². The minimum Gasteiger partial charge on any atom is -0.325 e. The Balaban J connectivity index is 1.60. The van der Waals surface area contributed by atoms with Crippen molar-refractivity contribution in [2.45, 2.75) is 24.0 Å². The second kappa shape index (κ2) is 10.4. The lowest BCUT2D eigenvalue weighted by atomic mass is 10.2. The zero-order valence-corrected chi connectivity index (χ0v) is 19.8. The molecule has 0 saturated carbocycles. The van der Waals surface area contributed by atoms with E-state index in [1.807, 2.05) is 32.0 Å². The molecule has 0 bridgehead atoms. The summed E-state index contributed by atoms with van der Waals surface area (Å²) in [5.41, 5.74) is 2.60. The van der Waals surface area contributed by atoms with Crippen molar-refractivity contribution in [1.29, 1.82) is 0 Å². The molecule has 0 saturated heterocycles. The van der Waals surface area contributed by atoms with E-state index in [-0.39, 0.29) is 22.1 Å². The van der Waals surface area contributed by atoms with Gasteiger partial charge in [-0.05, 0) is 74.0 Å². The molecule has 0 radical (unpaired) electrons. The molecule has 0 heterocycles. The summed E-state index contributed by atoms with van der Waals surface area (Å²) in [6.45, 7) is 3.74. The van der Waals surface area contributed by atoms with Gasteiger partial charge in [-0.2, -0.15) is 0 Å². The number of nitrogens with one attached hydrogen (secondary N) is 2. The van der Waals surface area contributed by atoms with Gasteiger partial charge in [0.15, 0.2) is 0 Å². The van der Waals surface area contributed by atoms with E-state index in [4.69, 9.17) is 34.8 Å². The maximum atomic E-state index is 12.6. The van der Waals surface area contributed by atoms with Gasteiger partial charge in [-0.1, -0.05) is 40.9 Å². The molecule has 160 valence electrons. The second-order valence-corrected chi connectivity index (χ2v) is 9.51. The number of benzene rings is 3. The molecule has 3 rings (SSSR count). The van der Waals surface area contributed by atoms with E-state index in [9.17, 15) is 9.59 Å². The van der Waals surface area contributed by atoms with Gasteiger partial charge in [-0.25, -0.2) is 0 Å². The Morgan fingerprint density at radius 2 is 1.52 bits per heavy atom. The molecule has 1 unspecified atom stereocenters. The number of thioether (sulfide) groups is 1. The Bertz CT molecular complexity index is 1120. The van der Waals surface area contributed by atoms with Gasteiger partial charge in [0, 0.05) is 26.3 Å². The number of hydrogen-bond donors (Lipinski definition) is 2. The van der Waals surface area contributed by atoms with Crippen molar-refractivity contribution in [1.82, 2.24) is 0 Å². The molecule has 0 aliphatic rings. The van der Waals surface area contributed by atoms with Gasteiger partial charge < -0.3 is 10.6 Å². The maximum absolute atomic E-state index is 12.6. The summed E-state index contributed by atoms with van der Waals surface area (Å²) < 4.78 is 0. The van der Waals surface area contributed by atoms with Gasteiger partial charge in [0.2, 0.25) is 5.91 Å². The summed E-state index contributed by atoms with van der Waals surface area (Å²) in [5.74, 6) is -0.447. The maximum Gasteiger partial charge on any atom is 0.257 e.